The monoisotopic (exact) mass is 194 g/mol. The molecular weight excluding hydrogens is 168 g/mol. The van der Waals surface area contributed by atoms with Crippen LogP contribution in [0.25, 0.3) is 0 Å². The van der Waals surface area contributed by atoms with E-state index in [0.717, 1.165) is 5.92 Å². The summed E-state index contributed by atoms with van der Waals surface area (Å²) >= 11 is 0. The summed E-state index contributed by atoms with van der Waals surface area (Å²) in [5, 5.41) is 0. The van der Waals surface area contributed by atoms with Crippen LogP contribution in [0, 0.1) is 5.92 Å². The third-order valence-electron chi connectivity index (χ3n) is 2.75. The highest BCUT2D eigenvalue weighted by atomic mass is 14.2. The molecule has 1 saturated carbocycles. The molecule has 0 nitrogen and oxygen atoms in total. The SMILES string of the molecule is C=C1CCCC(C/C=C/C)CC1.CC. The first kappa shape index (κ1) is 13.5. The molecule has 0 saturated heterocycles. The van der Waals surface area contributed by atoms with Crippen LogP contribution in [0.2, 0.25) is 0 Å². The van der Waals surface area contributed by atoms with Crippen molar-refractivity contribution in [3.8, 4) is 0 Å². The van der Waals surface area contributed by atoms with Crippen LogP contribution in [0.5, 0.6) is 0 Å². The van der Waals surface area contributed by atoms with Gasteiger partial charge >= 0.3 is 0 Å². The van der Waals surface area contributed by atoms with E-state index in [9.17, 15) is 0 Å². The van der Waals surface area contributed by atoms with Gasteiger partial charge < -0.3 is 0 Å². The van der Waals surface area contributed by atoms with Crippen LogP contribution in [0.3, 0.4) is 0 Å². The van der Waals surface area contributed by atoms with E-state index in [0.29, 0.717) is 0 Å². The Morgan fingerprint density at radius 2 is 2.00 bits per heavy atom. The first-order valence-corrected chi connectivity index (χ1v) is 6.10. The second-order valence-electron chi connectivity index (χ2n) is 3.85. The number of hydrogen-bond acceptors (Lipinski definition) is 0. The zero-order valence-corrected chi connectivity index (χ0v) is 10.2. The molecule has 0 N–H and O–H groups in total. The molecule has 1 unspecified atom stereocenters. The van der Waals surface area contributed by atoms with Gasteiger partial charge in [0.2, 0.25) is 0 Å². The molecule has 82 valence electrons. The maximum atomic E-state index is 4.07. The molecule has 0 spiro atoms. The predicted molar refractivity (Wildman–Crippen MR) is 66.5 cm³/mol. The van der Waals surface area contributed by atoms with Crippen molar-refractivity contribution in [1.29, 1.82) is 0 Å². The lowest BCUT2D eigenvalue weighted by atomic mass is 9.96. The first-order valence-electron chi connectivity index (χ1n) is 6.10. The molecule has 0 aromatic heterocycles. The third kappa shape index (κ3) is 6.01. The summed E-state index contributed by atoms with van der Waals surface area (Å²) in [5.41, 5.74) is 1.47. The standard InChI is InChI=1S/C12H20.C2H6/c1-3-4-7-12-8-5-6-11(2)9-10-12;1-2/h3-4,12H,2,5-10H2,1H3;1-2H3/b4-3+;. The van der Waals surface area contributed by atoms with Crippen LogP contribution in [0.1, 0.15) is 59.3 Å². The second kappa shape index (κ2) is 9.05. The topological polar surface area (TPSA) is 0 Å². The van der Waals surface area contributed by atoms with Gasteiger partial charge in [0, 0.05) is 0 Å². The fourth-order valence-corrected chi connectivity index (χ4v) is 1.88. The Labute approximate surface area is 90.1 Å². The van der Waals surface area contributed by atoms with E-state index in [2.05, 4.69) is 25.7 Å². The summed E-state index contributed by atoms with van der Waals surface area (Å²) < 4.78 is 0. The van der Waals surface area contributed by atoms with Crippen LogP contribution >= 0.6 is 0 Å². The molecule has 1 atom stereocenters. The van der Waals surface area contributed by atoms with Gasteiger partial charge in [-0.3, -0.25) is 0 Å². The van der Waals surface area contributed by atoms with Crippen molar-refractivity contribution in [2.75, 3.05) is 0 Å². The maximum Gasteiger partial charge on any atom is -0.0320 e. The van der Waals surface area contributed by atoms with Crippen LogP contribution in [-0.4, -0.2) is 0 Å². The van der Waals surface area contributed by atoms with E-state index in [1.54, 1.807) is 0 Å². The van der Waals surface area contributed by atoms with Crippen LogP contribution < -0.4 is 0 Å². The molecule has 1 fully saturated rings. The lowest BCUT2D eigenvalue weighted by molar-refractivity contribution is 0.468. The summed E-state index contributed by atoms with van der Waals surface area (Å²) in [6, 6.07) is 0. The lowest BCUT2D eigenvalue weighted by Crippen LogP contribution is -1.95. The van der Waals surface area contributed by atoms with Crippen molar-refractivity contribution < 1.29 is 0 Å². The molecule has 0 heterocycles. The summed E-state index contributed by atoms with van der Waals surface area (Å²) in [5.74, 6) is 0.931. The van der Waals surface area contributed by atoms with Gasteiger partial charge in [0.05, 0.1) is 0 Å². The molecule has 0 bridgehead atoms. The lowest BCUT2D eigenvalue weighted by Gasteiger charge is -2.09. The minimum atomic E-state index is 0.931. The Morgan fingerprint density at radius 3 is 2.64 bits per heavy atom. The van der Waals surface area contributed by atoms with Gasteiger partial charge in [-0.25, -0.2) is 0 Å². The van der Waals surface area contributed by atoms with Crippen molar-refractivity contribution >= 4 is 0 Å². The zero-order valence-electron chi connectivity index (χ0n) is 10.2. The number of hydrogen-bond donors (Lipinski definition) is 0. The maximum absolute atomic E-state index is 4.07. The molecule has 0 heteroatoms. The Balaban J connectivity index is 0.000000791. The average molecular weight is 194 g/mol. The molecule has 14 heavy (non-hydrogen) atoms. The average Bonchev–Trinajstić information content (AvgIpc) is 2.43. The highest BCUT2D eigenvalue weighted by molar-refractivity contribution is 4.97. The molecule has 1 aliphatic carbocycles. The highest BCUT2D eigenvalue weighted by Crippen LogP contribution is 2.27. The predicted octanol–water partition coefficient (Wildman–Crippen LogP) is 5.12. The van der Waals surface area contributed by atoms with Crippen molar-refractivity contribution in [2.45, 2.75) is 59.3 Å². The van der Waals surface area contributed by atoms with E-state index in [-0.39, 0.29) is 0 Å². The Bertz CT molecular complexity index is 165. The fraction of sp³-hybridized carbons (Fsp3) is 0.714. The van der Waals surface area contributed by atoms with E-state index >= 15 is 0 Å². The molecule has 0 aromatic rings. The minimum absolute atomic E-state index is 0.931. The minimum Gasteiger partial charge on any atom is -0.0999 e. The van der Waals surface area contributed by atoms with E-state index in [4.69, 9.17) is 0 Å². The van der Waals surface area contributed by atoms with Gasteiger partial charge in [-0.05, 0) is 51.4 Å². The summed E-state index contributed by atoms with van der Waals surface area (Å²) in [6.45, 7) is 10.2. The smallest absolute Gasteiger partial charge is 0.0320 e. The first-order chi connectivity index (χ1) is 6.83. The van der Waals surface area contributed by atoms with Gasteiger partial charge in [0.25, 0.3) is 0 Å². The molecule has 1 rings (SSSR count). The van der Waals surface area contributed by atoms with Gasteiger partial charge in [0.1, 0.15) is 0 Å². The molecule has 1 aliphatic rings. The summed E-state index contributed by atoms with van der Waals surface area (Å²) in [6.07, 6.45) is 12.4. The normalized spacial score (nSPS) is 22.8. The molecule has 0 amide bonds. The van der Waals surface area contributed by atoms with Crippen molar-refractivity contribution in [3.05, 3.63) is 24.3 Å². The van der Waals surface area contributed by atoms with Crippen LogP contribution in [-0.2, 0) is 0 Å². The van der Waals surface area contributed by atoms with Crippen LogP contribution in [0.4, 0.5) is 0 Å². The van der Waals surface area contributed by atoms with E-state index in [1.165, 1.54) is 44.1 Å². The molecular formula is C14H26. The summed E-state index contributed by atoms with van der Waals surface area (Å²) in [4.78, 5) is 0. The number of allylic oxidation sites excluding steroid dienone is 3. The van der Waals surface area contributed by atoms with E-state index in [1.807, 2.05) is 13.8 Å². The number of rotatable bonds is 2. The Morgan fingerprint density at radius 1 is 1.29 bits per heavy atom. The van der Waals surface area contributed by atoms with E-state index < -0.39 is 0 Å². The molecule has 0 aliphatic heterocycles. The van der Waals surface area contributed by atoms with Crippen molar-refractivity contribution in [3.63, 3.8) is 0 Å². The molecule has 0 radical (unpaired) electrons. The zero-order chi connectivity index (χ0) is 10.8. The van der Waals surface area contributed by atoms with Gasteiger partial charge in [-0.2, -0.15) is 0 Å². The van der Waals surface area contributed by atoms with Crippen LogP contribution in [0.15, 0.2) is 24.3 Å². The van der Waals surface area contributed by atoms with Crippen molar-refractivity contribution in [2.24, 2.45) is 5.92 Å². The third-order valence-corrected chi connectivity index (χ3v) is 2.75. The molecule has 0 aromatic carbocycles. The largest absolute Gasteiger partial charge is 0.0999 e. The van der Waals surface area contributed by atoms with Gasteiger partial charge in [-0.1, -0.05) is 38.2 Å². The van der Waals surface area contributed by atoms with Gasteiger partial charge in [-0.15, -0.1) is 0 Å². The summed E-state index contributed by atoms with van der Waals surface area (Å²) in [7, 11) is 0. The fourth-order valence-electron chi connectivity index (χ4n) is 1.88. The second-order valence-corrected chi connectivity index (χ2v) is 3.85. The quantitative estimate of drug-likeness (QED) is 0.423. The Kier molecular flexibility index (Phi) is 8.72. The highest BCUT2D eigenvalue weighted by Gasteiger charge is 2.11. The van der Waals surface area contributed by atoms with Crippen molar-refractivity contribution in [1.82, 2.24) is 0 Å². The van der Waals surface area contributed by atoms with Gasteiger partial charge in [0.15, 0.2) is 0 Å². The Hall–Kier alpha value is -0.520.